The number of hydrogen-bond donors (Lipinski definition) is 0. The summed E-state index contributed by atoms with van der Waals surface area (Å²) in [4.78, 5) is 0. The fourth-order valence-electron chi connectivity index (χ4n) is 3.10. The van der Waals surface area contributed by atoms with Crippen molar-refractivity contribution in [3.8, 4) is 0 Å². The van der Waals surface area contributed by atoms with Gasteiger partial charge >= 0.3 is 6.18 Å². The van der Waals surface area contributed by atoms with Crippen LogP contribution in [0, 0.1) is 0 Å². The molecule has 0 saturated carbocycles. The molecule has 0 spiro atoms. The molecule has 1 aromatic rings. The summed E-state index contributed by atoms with van der Waals surface area (Å²) in [6, 6.07) is 8.42. The van der Waals surface area contributed by atoms with Gasteiger partial charge in [-0.25, -0.2) is 4.39 Å². The first-order valence-electron chi connectivity index (χ1n) is 10.1. The summed E-state index contributed by atoms with van der Waals surface area (Å²) in [7, 11) is -1.96. The predicted octanol–water partition coefficient (Wildman–Crippen LogP) is 8.21. The maximum absolute atomic E-state index is 14.9. The number of halogens is 6. The van der Waals surface area contributed by atoms with Crippen LogP contribution in [-0.2, 0) is 0 Å². The molecule has 2 unspecified atom stereocenters. The molecule has 1 aromatic carbocycles. The van der Waals surface area contributed by atoms with Gasteiger partial charge in [-0.1, -0.05) is 75.8 Å². The van der Waals surface area contributed by atoms with Crippen LogP contribution >= 0.6 is 7.92 Å². The van der Waals surface area contributed by atoms with Gasteiger partial charge in [0.2, 0.25) is 0 Å². The van der Waals surface area contributed by atoms with Gasteiger partial charge < -0.3 is 0 Å². The van der Waals surface area contributed by atoms with Crippen LogP contribution in [0.15, 0.2) is 30.3 Å². The standard InChI is InChI=1S/C21H31F6P/c1-2-3-4-12-17-28(18-13-8-7-9-14-18)21(26,27)19(22)15-10-5-6-11-16-20(23,24)25/h7-9,13-14,19H,2-6,10-12,15-17H2,1H3. The average Bonchev–Trinajstić information content (AvgIpc) is 2.64. The van der Waals surface area contributed by atoms with Crippen molar-refractivity contribution in [2.45, 2.75) is 89.1 Å². The second-order valence-corrected chi connectivity index (χ2v) is 9.59. The van der Waals surface area contributed by atoms with Gasteiger partial charge in [0.15, 0.2) is 6.17 Å². The van der Waals surface area contributed by atoms with Gasteiger partial charge in [-0.15, -0.1) is 0 Å². The van der Waals surface area contributed by atoms with Crippen molar-refractivity contribution < 1.29 is 26.3 Å². The Morgan fingerprint density at radius 1 is 0.821 bits per heavy atom. The summed E-state index contributed by atoms with van der Waals surface area (Å²) < 4.78 is 80.6. The molecule has 0 nitrogen and oxygen atoms in total. The summed E-state index contributed by atoms with van der Waals surface area (Å²) in [5.74, 6) is 0. The van der Waals surface area contributed by atoms with Gasteiger partial charge in [0.05, 0.1) is 0 Å². The van der Waals surface area contributed by atoms with Gasteiger partial charge in [-0.05, 0) is 30.7 Å². The number of alkyl halides is 6. The second kappa shape index (κ2) is 12.7. The van der Waals surface area contributed by atoms with Gasteiger partial charge in [-0.3, -0.25) is 0 Å². The van der Waals surface area contributed by atoms with Crippen molar-refractivity contribution >= 4 is 13.2 Å². The van der Waals surface area contributed by atoms with Crippen molar-refractivity contribution in [2.24, 2.45) is 0 Å². The molecule has 1 rings (SSSR count). The molecule has 2 atom stereocenters. The molecule has 0 radical (unpaired) electrons. The van der Waals surface area contributed by atoms with E-state index in [1.807, 2.05) is 6.92 Å². The average molecular weight is 428 g/mol. The molecular weight excluding hydrogens is 397 g/mol. The second-order valence-electron chi connectivity index (χ2n) is 7.17. The van der Waals surface area contributed by atoms with E-state index in [2.05, 4.69) is 0 Å². The van der Waals surface area contributed by atoms with Gasteiger partial charge in [0, 0.05) is 14.3 Å². The Bertz CT molecular complexity index is 517. The molecule has 0 saturated heterocycles. The van der Waals surface area contributed by atoms with E-state index < -0.39 is 32.4 Å². The van der Waals surface area contributed by atoms with E-state index >= 15 is 0 Å². The highest BCUT2D eigenvalue weighted by Gasteiger charge is 2.47. The van der Waals surface area contributed by atoms with Crippen LogP contribution in [0.3, 0.4) is 0 Å². The first-order chi connectivity index (χ1) is 13.2. The number of rotatable bonds is 14. The molecule has 0 aliphatic heterocycles. The van der Waals surface area contributed by atoms with Gasteiger partial charge in [0.1, 0.15) is 0 Å². The summed E-state index contributed by atoms with van der Waals surface area (Å²) >= 11 is 0. The molecule has 0 heterocycles. The van der Waals surface area contributed by atoms with Crippen molar-refractivity contribution in [1.82, 2.24) is 0 Å². The van der Waals surface area contributed by atoms with Crippen molar-refractivity contribution in [3.05, 3.63) is 30.3 Å². The van der Waals surface area contributed by atoms with Crippen LogP contribution in [0.5, 0.6) is 0 Å². The molecule has 0 N–H and O–H groups in total. The van der Waals surface area contributed by atoms with Crippen LogP contribution in [0.4, 0.5) is 26.3 Å². The van der Waals surface area contributed by atoms with Crippen molar-refractivity contribution in [2.75, 3.05) is 6.16 Å². The highest BCUT2D eigenvalue weighted by molar-refractivity contribution is 7.66. The monoisotopic (exact) mass is 428 g/mol. The van der Waals surface area contributed by atoms with E-state index in [0.29, 0.717) is 24.3 Å². The third kappa shape index (κ3) is 9.62. The minimum Gasteiger partial charge on any atom is -0.240 e. The molecule has 7 heteroatoms. The fourth-order valence-corrected chi connectivity index (χ4v) is 5.54. The Balaban J connectivity index is 2.58. The molecule has 28 heavy (non-hydrogen) atoms. The SMILES string of the molecule is CCCCCCP(c1ccccc1)C(F)(F)C(F)CCCCCCC(F)(F)F. The van der Waals surface area contributed by atoms with Crippen molar-refractivity contribution in [3.63, 3.8) is 0 Å². The molecule has 0 amide bonds. The summed E-state index contributed by atoms with van der Waals surface area (Å²) in [5.41, 5.74) is -3.42. The van der Waals surface area contributed by atoms with E-state index in [-0.39, 0.29) is 25.7 Å². The normalized spacial score (nSPS) is 14.8. The molecule has 162 valence electrons. The molecule has 0 bridgehead atoms. The third-order valence-corrected chi connectivity index (χ3v) is 7.39. The maximum atomic E-state index is 14.9. The van der Waals surface area contributed by atoms with E-state index in [4.69, 9.17) is 0 Å². The molecule has 0 aliphatic rings. The zero-order chi connectivity index (χ0) is 21.0. The van der Waals surface area contributed by atoms with Crippen LogP contribution < -0.4 is 5.30 Å². The first kappa shape index (κ1) is 25.3. The van der Waals surface area contributed by atoms with E-state index in [1.54, 1.807) is 30.3 Å². The summed E-state index contributed by atoms with van der Waals surface area (Å²) in [6.07, 6.45) is -3.10. The Labute approximate surface area is 165 Å². The molecular formula is C21H31F6P. The van der Waals surface area contributed by atoms with Gasteiger partial charge in [-0.2, -0.15) is 22.0 Å². The quantitative estimate of drug-likeness (QED) is 0.159. The number of unbranched alkanes of at least 4 members (excludes halogenated alkanes) is 6. The zero-order valence-corrected chi connectivity index (χ0v) is 17.4. The minimum absolute atomic E-state index is 0.0367. The lowest BCUT2D eigenvalue weighted by molar-refractivity contribution is -0.135. The van der Waals surface area contributed by atoms with Crippen LogP contribution in [0.1, 0.15) is 71.1 Å². The topological polar surface area (TPSA) is 0 Å². The lowest BCUT2D eigenvalue weighted by atomic mass is 10.1. The van der Waals surface area contributed by atoms with Crippen molar-refractivity contribution in [1.29, 1.82) is 0 Å². The number of hydrogen-bond acceptors (Lipinski definition) is 0. The smallest absolute Gasteiger partial charge is 0.240 e. The summed E-state index contributed by atoms with van der Waals surface area (Å²) in [5, 5.41) is 0.506. The first-order valence-corrected chi connectivity index (χ1v) is 11.6. The highest BCUT2D eigenvalue weighted by Crippen LogP contribution is 2.55. The molecule has 0 aliphatic carbocycles. The highest BCUT2D eigenvalue weighted by atomic mass is 31.1. The molecule has 0 fully saturated rings. The Morgan fingerprint density at radius 3 is 2.04 bits per heavy atom. The van der Waals surface area contributed by atoms with E-state index in [9.17, 15) is 26.3 Å². The minimum atomic E-state index is -4.20. The fraction of sp³-hybridized carbons (Fsp3) is 0.714. The molecule has 0 aromatic heterocycles. The Hall–Kier alpha value is -0.770. The van der Waals surface area contributed by atoms with E-state index in [1.165, 1.54) is 0 Å². The van der Waals surface area contributed by atoms with Gasteiger partial charge in [0.25, 0.3) is 5.66 Å². The largest absolute Gasteiger partial charge is 0.389 e. The Morgan fingerprint density at radius 2 is 1.43 bits per heavy atom. The lowest BCUT2D eigenvalue weighted by Gasteiger charge is -2.30. The van der Waals surface area contributed by atoms with Crippen LogP contribution in [0.25, 0.3) is 0 Å². The van der Waals surface area contributed by atoms with E-state index in [0.717, 1.165) is 19.3 Å². The van der Waals surface area contributed by atoms with Crippen LogP contribution in [-0.4, -0.2) is 24.2 Å². The van der Waals surface area contributed by atoms with Crippen LogP contribution in [0.2, 0.25) is 0 Å². The Kier molecular flexibility index (Phi) is 11.5. The number of benzene rings is 1. The summed E-state index contributed by atoms with van der Waals surface area (Å²) in [6.45, 7) is 2.04. The third-order valence-electron chi connectivity index (χ3n) is 4.71. The zero-order valence-electron chi connectivity index (χ0n) is 16.5. The predicted molar refractivity (Wildman–Crippen MR) is 106 cm³/mol. The maximum Gasteiger partial charge on any atom is 0.389 e. The lowest BCUT2D eigenvalue weighted by Crippen LogP contribution is -2.32.